The molecule has 0 saturated heterocycles. The van der Waals surface area contributed by atoms with Crippen molar-refractivity contribution in [3.8, 4) is 0 Å². The van der Waals surface area contributed by atoms with E-state index >= 15 is 0 Å². The molecule has 0 bridgehead atoms. The lowest BCUT2D eigenvalue weighted by Crippen LogP contribution is -2.32. The molecule has 0 unspecified atom stereocenters. The third-order valence-electron chi connectivity index (χ3n) is 4.80. The van der Waals surface area contributed by atoms with E-state index in [4.69, 9.17) is 0 Å². The van der Waals surface area contributed by atoms with Crippen molar-refractivity contribution in [2.45, 2.75) is 26.9 Å². The van der Waals surface area contributed by atoms with Crippen LogP contribution in [0.25, 0.3) is 0 Å². The number of carbonyl (C=O) groups is 1. The van der Waals surface area contributed by atoms with Crippen LogP contribution in [0.4, 0.5) is 11.4 Å². The Labute approximate surface area is 153 Å². The minimum atomic E-state index is -0.332. The second-order valence-electron chi connectivity index (χ2n) is 6.81. The molecule has 1 aliphatic rings. The maximum Gasteiger partial charge on any atom is 0.262 e. The highest BCUT2D eigenvalue weighted by molar-refractivity contribution is 6.11. The van der Waals surface area contributed by atoms with Gasteiger partial charge in [0.15, 0.2) is 6.17 Å². The van der Waals surface area contributed by atoms with E-state index in [1.54, 1.807) is 11.1 Å². The van der Waals surface area contributed by atoms with Gasteiger partial charge in [-0.25, -0.2) is 0 Å². The third kappa shape index (κ3) is 2.73. The van der Waals surface area contributed by atoms with E-state index in [2.05, 4.69) is 42.3 Å². The van der Waals surface area contributed by atoms with Crippen LogP contribution in [0.5, 0.6) is 0 Å². The molecule has 4 heteroatoms. The fraction of sp³-hybridized carbons (Fsp3) is 0.182. The Morgan fingerprint density at radius 3 is 2.46 bits per heavy atom. The summed E-state index contributed by atoms with van der Waals surface area (Å²) in [6, 6.07) is 17.9. The number of aromatic nitrogens is 1. The maximum atomic E-state index is 13.1. The summed E-state index contributed by atoms with van der Waals surface area (Å²) in [5, 5.41) is 3.54. The van der Waals surface area contributed by atoms with E-state index in [-0.39, 0.29) is 12.1 Å². The van der Waals surface area contributed by atoms with Crippen LogP contribution in [0.15, 0.2) is 60.8 Å². The van der Waals surface area contributed by atoms with E-state index in [9.17, 15) is 4.79 Å². The predicted octanol–water partition coefficient (Wildman–Crippen LogP) is 4.78. The monoisotopic (exact) mass is 343 g/mol. The standard InChI is InChI=1S/C22H21N3O/c1-14-7-10-17(11-8-14)25-21(20-18(22(25)26)5-4-12-23-20)24-19-13-15(2)6-9-16(19)3/h4-13,21,24H,1-3H3/t21-/m0/s1. The lowest BCUT2D eigenvalue weighted by Gasteiger charge is -2.27. The van der Waals surface area contributed by atoms with Crippen molar-refractivity contribution in [2.24, 2.45) is 0 Å². The van der Waals surface area contributed by atoms with Crippen LogP contribution in [0.3, 0.4) is 0 Å². The number of hydrogen-bond acceptors (Lipinski definition) is 3. The molecule has 0 saturated carbocycles. The first-order valence-electron chi connectivity index (χ1n) is 8.73. The number of aryl methyl sites for hydroxylation is 3. The number of pyridine rings is 1. The lowest BCUT2D eigenvalue weighted by molar-refractivity contribution is 0.0993. The summed E-state index contributed by atoms with van der Waals surface area (Å²) < 4.78 is 0. The van der Waals surface area contributed by atoms with E-state index in [0.29, 0.717) is 5.56 Å². The maximum absolute atomic E-state index is 13.1. The van der Waals surface area contributed by atoms with Gasteiger partial charge in [0.2, 0.25) is 0 Å². The highest BCUT2D eigenvalue weighted by Gasteiger charge is 2.39. The first-order valence-corrected chi connectivity index (χ1v) is 8.73. The number of nitrogens with one attached hydrogen (secondary N) is 1. The van der Waals surface area contributed by atoms with Gasteiger partial charge in [-0.15, -0.1) is 0 Å². The highest BCUT2D eigenvalue weighted by Crippen LogP contribution is 2.37. The smallest absolute Gasteiger partial charge is 0.262 e. The summed E-state index contributed by atoms with van der Waals surface area (Å²) in [7, 11) is 0. The molecule has 3 aromatic rings. The second kappa shape index (κ2) is 6.30. The van der Waals surface area contributed by atoms with Gasteiger partial charge in [-0.1, -0.05) is 29.8 Å². The SMILES string of the molecule is Cc1ccc(N2C(=O)c3cccnc3[C@H]2Nc2cc(C)ccc2C)cc1. The molecule has 0 spiro atoms. The van der Waals surface area contributed by atoms with E-state index in [1.165, 1.54) is 5.56 Å². The van der Waals surface area contributed by atoms with Gasteiger partial charge in [-0.3, -0.25) is 14.7 Å². The normalized spacial score (nSPS) is 15.9. The molecule has 2 aromatic carbocycles. The Balaban J connectivity index is 1.80. The second-order valence-corrected chi connectivity index (χ2v) is 6.81. The van der Waals surface area contributed by atoms with Crippen molar-refractivity contribution in [1.29, 1.82) is 0 Å². The van der Waals surface area contributed by atoms with E-state index in [0.717, 1.165) is 28.2 Å². The molecule has 2 heterocycles. The third-order valence-corrected chi connectivity index (χ3v) is 4.80. The number of anilines is 2. The molecule has 1 aromatic heterocycles. The van der Waals surface area contributed by atoms with Gasteiger partial charge in [0.25, 0.3) is 5.91 Å². The van der Waals surface area contributed by atoms with Crippen LogP contribution < -0.4 is 10.2 Å². The number of hydrogen-bond donors (Lipinski definition) is 1. The van der Waals surface area contributed by atoms with Crippen LogP contribution in [0.2, 0.25) is 0 Å². The Morgan fingerprint density at radius 2 is 1.69 bits per heavy atom. The van der Waals surface area contributed by atoms with Gasteiger partial charge in [-0.05, 0) is 62.2 Å². The zero-order valence-electron chi connectivity index (χ0n) is 15.2. The molecule has 130 valence electrons. The minimum Gasteiger partial charge on any atom is -0.360 e. The molecule has 26 heavy (non-hydrogen) atoms. The molecule has 1 aliphatic heterocycles. The summed E-state index contributed by atoms with van der Waals surface area (Å²) in [6.45, 7) is 6.17. The molecular weight excluding hydrogens is 322 g/mol. The molecule has 1 N–H and O–H groups in total. The van der Waals surface area contributed by atoms with Crippen LogP contribution in [-0.2, 0) is 0 Å². The van der Waals surface area contributed by atoms with Crippen LogP contribution in [0.1, 0.15) is 38.9 Å². The van der Waals surface area contributed by atoms with Gasteiger partial charge < -0.3 is 5.32 Å². The van der Waals surface area contributed by atoms with Crippen molar-refractivity contribution in [2.75, 3.05) is 10.2 Å². The summed E-state index contributed by atoms with van der Waals surface area (Å²) in [6.07, 6.45) is 1.41. The molecule has 0 fully saturated rings. The topological polar surface area (TPSA) is 45.2 Å². The number of benzene rings is 2. The highest BCUT2D eigenvalue weighted by atomic mass is 16.2. The summed E-state index contributed by atoms with van der Waals surface area (Å²) in [4.78, 5) is 19.4. The Kier molecular flexibility index (Phi) is 3.96. The lowest BCUT2D eigenvalue weighted by atomic mass is 10.1. The van der Waals surface area contributed by atoms with Crippen LogP contribution >= 0.6 is 0 Å². The summed E-state index contributed by atoms with van der Waals surface area (Å²) >= 11 is 0. The Hall–Kier alpha value is -3.14. The largest absolute Gasteiger partial charge is 0.360 e. The zero-order valence-corrected chi connectivity index (χ0v) is 15.2. The van der Waals surface area contributed by atoms with Gasteiger partial charge in [0.1, 0.15) is 0 Å². The molecule has 0 aliphatic carbocycles. The van der Waals surface area contributed by atoms with Crippen molar-refractivity contribution in [1.82, 2.24) is 4.98 Å². The Morgan fingerprint density at radius 1 is 0.962 bits per heavy atom. The molecule has 0 radical (unpaired) electrons. The molecule has 1 atom stereocenters. The summed E-state index contributed by atoms with van der Waals surface area (Å²) in [5.41, 5.74) is 6.76. The first-order chi connectivity index (χ1) is 12.5. The fourth-order valence-corrected chi connectivity index (χ4v) is 3.33. The minimum absolute atomic E-state index is 0.0280. The number of amides is 1. The first kappa shape index (κ1) is 16.3. The van der Waals surface area contributed by atoms with Gasteiger partial charge in [0, 0.05) is 17.6 Å². The molecule has 1 amide bonds. The predicted molar refractivity (Wildman–Crippen MR) is 105 cm³/mol. The Bertz CT molecular complexity index is 979. The van der Waals surface area contributed by atoms with Crippen molar-refractivity contribution in [3.63, 3.8) is 0 Å². The van der Waals surface area contributed by atoms with Crippen molar-refractivity contribution >= 4 is 17.3 Å². The van der Waals surface area contributed by atoms with Crippen LogP contribution in [0, 0.1) is 20.8 Å². The summed E-state index contributed by atoms with van der Waals surface area (Å²) in [5.74, 6) is -0.0280. The zero-order chi connectivity index (χ0) is 18.3. The average Bonchev–Trinajstić information content (AvgIpc) is 2.92. The van der Waals surface area contributed by atoms with Gasteiger partial charge in [-0.2, -0.15) is 0 Å². The number of carbonyl (C=O) groups excluding carboxylic acids is 1. The van der Waals surface area contributed by atoms with E-state index < -0.39 is 0 Å². The van der Waals surface area contributed by atoms with Crippen LogP contribution in [-0.4, -0.2) is 10.9 Å². The molecular formula is C22H21N3O. The van der Waals surface area contributed by atoms with Gasteiger partial charge >= 0.3 is 0 Å². The van der Waals surface area contributed by atoms with Crippen molar-refractivity contribution in [3.05, 3.63) is 88.7 Å². The number of rotatable bonds is 3. The fourth-order valence-electron chi connectivity index (χ4n) is 3.33. The van der Waals surface area contributed by atoms with Gasteiger partial charge in [0.05, 0.1) is 11.3 Å². The number of nitrogens with zero attached hydrogens (tertiary/aromatic N) is 2. The van der Waals surface area contributed by atoms with E-state index in [1.807, 2.05) is 43.3 Å². The molecule has 4 rings (SSSR count). The van der Waals surface area contributed by atoms with Crippen molar-refractivity contribution < 1.29 is 4.79 Å². The average molecular weight is 343 g/mol. The number of fused-ring (bicyclic) bond motifs is 1. The quantitative estimate of drug-likeness (QED) is 0.744. The molecule has 4 nitrogen and oxygen atoms in total.